The van der Waals surface area contributed by atoms with Crippen LogP contribution in [0, 0.1) is 3.57 Å². The van der Waals surface area contributed by atoms with Crippen LogP contribution in [-0.2, 0) is 0 Å². The second-order valence-electron chi connectivity index (χ2n) is 5.51. The maximum absolute atomic E-state index is 5.43. The van der Waals surface area contributed by atoms with Gasteiger partial charge in [0.1, 0.15) is 12.0 Å². The first-order valence-corrected chi connectivity index (χ1v) is 8.71. The lowest BCUT2D eigenvalue weighted by Crippen LogP contribution is -1.95. The summed E-state index contributed by atoms with van der Waals surface area (Å²) in [5.74, 6) is 0.758. The van der Waals surface area contributed by atoms with Crippen LogP contribution in [0.5, 0.6) is 5.75 Å². The van der Waals surface area contributed by atoms with E-state index < -0.39 is 0 Å². The Morgan fingerprint density at radius 2 is 2.00 bits per heavy atom. The van der Waals surface area contributed by atoms with Crippen molar-refractivity contribution in [2.45, 2.75) is 0 Å². The summed E-state index contributed by atoms with van der Waals surface area (Å²) in [6, 6.07) is 14.1. The van der Waals surface area contributed by atoms with E-state index in [9.17, 15) is 0 Å². The first-order chi connectivity index (χ1) is 12.2. The van der Waals surface area contributed by atoms with Crippen molar-refractivity contribution in [3.8, 4) is 16.9 Å². The molecule has 0 bridgehead atoms. The van der Waals surface area contributed by atoms with E-state index >= 15 is 0 Å². The van der Waals surface area contributed by atoms with Crippen molar-refractivity contribution in [2.75, 3.05) is 12.4 Å². The lowest BCUT2D eigenvalue weighted by Gasteiger charge is -2.12. The molecule has 0 aliphatic rings. The third kappa shape index (κ3) is 3.30. The molecule has 6 heteroatoms. The predicted octanol–water partition coefficient (Wildman–Crippen LogP) is 5.25. The minimum absolute atomic E-state index is 0.758. The number of nitrogens with one attached hydrogen (secondary N) is 1. The molecular weight excluding hydrogens is 429 g/mol. The Bertz CT molecular complexity index is 1030. The van der Waals surface area contributed by atoms with Gasteiger partial charge in [-0.1, -0.05) is 5.16 Å². The fourth-order valence-electron chi connectivity index (χ4n) is 2.69. The SMILES string of the molecule is COc1cc(Nc2ccnc3ccc(I)cc23)cc(-c2cnoc2)c1. The van der Waals surface area contributed by atoms with Crippen molar-refractivity contribution >= 4 is 44.9 Å². The monoisotopic (exact) mass is 443 g/mol. The summed E-state index contributed by atoms with van der Waals surface area (Å²) >= 11 is 2.31. The number of benzene rings is 2. The molecular formula is C19H14IN3O2. The van der Waals surface area contributed by atoms with Crippen LogP contribution in [0.15, 0.2) is 65.6 Å². The van der Waals surface area contributed by atoms with Gasteiger partial charge >= 0.3 is 0 Å². The molecule has 124 valence electrons. The average Bonchev–Trinajstić information content (AvgIpc) is 3.17. The summed E-state index contributed by atoms with van der Waals surface area (Å²) < 4.78 is 11.5. The van der Waals surface area contributed by atoms with Crippen molar-refractivity contribution in [3.05, 3.63) is 64.7 Å². The number of ether oxygens (including phenoxy) is 1. The molecule has 5 nitrogen and oxygen atoms in total. The second-order valence-corrected chi connectivity index (χ2v) is 6.75. The quantitative estimate of drug-likeness (QED) is 0.437. The highest BCUT2D eigenvalue weighted by molar-refractivity contribution is 14.1. The molecule has 2 aromatic heterocycles. The van der Waals surface area contributed by atoms with E-state index in [4.69, 9.17) is 9.26 Å². The molecule has 0 saturated carbocycles. The van der Waals surface area contributed by atoms with Crippen LogP contribution >= 0.6 is 22.6 Å². The maximum Gasteiger partial charge on any atom is 0.131 e. The molecule has 0 aliphatic carbocycles. The molecule has 4 rings (SSSR count). The summed E-state index contributed by atoms with van der Waals surface area (Å²) in [5.41, 5.74) is 4.73. The molecule has 0 atom stereocenters. The highest BCUT2D eigenvalue weighted by Gasteiger charge is 2.08. The number of fused-ring (bicyclic) bond motifs is 1. The third-order valence-corrected chi connectivity index (χ3v) is 4.56. The molecule has 1 N–H and O–H groups in total. The smallest absolute Gasteiger partial charge is 0.131 e. The first-order valence-electron chi connectivity index (χ1n) is 7.63. The van der Waals surface area contributed by atoms with Gasteiger partial charge in [0.05, 0.1) is 18.8 Å². The first kappa shape index (κ1) is 15.9. The largest absolute Gasteiger partial charge is 0.497 e. The number of hydrogen-bond donors (Lipinski definition) is 1. The van der Waals surface area contributed by atoms with E-state index in [1.165, 1.54) is 0 Å². The second kappa shape index (κ2) is 6.72. The third-order valence-electron chi connectivity index (χ3n) is 3.89. The Labute approximate surface area is 158 Å². The fraction of sp³-hybridized carbons (Fsp3) is 0.0526. The van der Waals surface area contributed by atoms with Crippen molar-refractivity contribution in [2.24, 2.45) is 0 Å². The molecule has 0 fully saturated rings. The molecule has 0 spiro atoms. The topological polar surface area (TPSA) is 60.2 Å². The molecule has 0 amide bonds. The van der Waals surface area contributed by atoms with E-state index in [1.54, 1.807) is 25.8 Å². The fourth-order valence-corrected chi connectivity index (χ4v) is 3.18. The number of anilines is 2. The zero-order valence-corrected chi connectivity index (χ0v) is 15.5. The standard InChI is InChI=1S/C19H14IN3O2/c1-24-16-7-12(13-10-22-25-11-13)6-15(9-16)23-19-4-5-21-18-3-2-14(20)8-17(18)19/h2-11H,1H3,(H,21,23). The van der Waals surface area contributed by atoms with Crippen LogP contribution < -0.4 is 10.1 Å². The van der Waals surface area contributed by atoms with Gasteiger partial charge in [-0.05, 0) is 64.6 Å². The predicted molar refractivity (Wildman–Crippen MR) is 106 cm³/mol. The number of methoxy groups -OCH3 is 1. The summed E-state index contributed by atoms with van der Waals surface area (Å²) in [5, 5.41) is 8.32. The van der Waals surface area contributed by atoms with Gasteiger partial charge in [-0.15, -0.1) is 0 Å². The van der Waals surface area contributed by atoms with Gasteiger partial charge in [-0.3, -0.25) is 4.98 Å². The zero-order valence-electron chi connectivity index (χ0n) is 13.4. The van der Waals surface area contributed by atoms with Crippen LogP contribution in [0.4, 0.5) is 11.4 Å². The highest BCUT2D eigenvalue weighted by atomic mass is 127. The van der Waals surface area contributed by atoms with Gasteiger partial charge < -0.3 is 14.6 Å². The summed E-state index contributed by atoms with van der Waals surface area (Å²) in [6.07, 6.45) is 5.10. The van der Waals surface area contributed by atoms with Crippen molar-refractivity contribution in [1.29, 1.82) is 0 Å². The lowest BCUT2D eigenvalue weighted by atomic mass is 10.1. The normalized spacial score (nSPS) is 10.8. The molecule has 0 aliphatic heterocycles. The lowest BCUT2D eigenvalue weighted by molar-refractivity contribution is 0.415. The molecule has 2 aromatic carbocycles. The Morgan fingerprint density at radius 1 is 1.08 bits per heavy atom. The minimum Gasteiger partial charge on any atom is -0.497 e. The van der Waals surface area contributed by atoms with Crippen molar-refractivity contribution in [1.82, 2.24) is 10.1 Å². The van der Waals surface area contributed by atoms with Crippen LogP contribution in [-0.4, -0.2) is 17.3 Å². The van der Waals surface area contributed by atoms with E-state index in [2.05, 4.69) is 50.2 Å². The molecule has 0 saturated heterocycles. The maximum atomic E-state index is 5.43. The van der Waals surface area contributed by atoms with Gasteiger partial charge in [-0.25, -0.2) is 0 Å². The minimum atomic E-state index is 0.758. The van der Waals surface area contributed by atoms with Crippen molar-refractivity contribution in [3.63, 3.8) is 0 Å². The van der Waals surface area contributed by atoms with Gasteiger partial charge in [0.25, 0.3) is 0 Å². The summed E-state index contributed by atoms with van der Waals surface area (Å²) in [7, 11) is 1.65. The van der Waals surface area contributed by atoms with Crippen LogP contribution in [0.1, 0.15) is 0 Å². The van der Waals surface area contributed by atoms with E-state index in [-0.39, 0.29) is 0 Å². The van der Waals surface area contributed by atoms with Crippen molar-refractivity contribution < 1.29 is 9.26 Å². The van der Waals surface area contributed by atoms with Crippen LogP contribution in [0.25, 0.3) is 22.0 Å². The number of nitrogens with zero attached hydrogens (tertiary/aromatic N) is 2. The van der Waals surface area contributed by atoms with E-state index in [0.29, 0.717) is 0 Å². The number of aromatic nitrogens is 2. The zero-order chi connectivity index (χ0) is 17.2. The van der Waals surface area contributed by atoms with E-state index in [0.717, 1.165) is 42.7 Å². The Balaban J connectivity index is 1.78. The average molecular weight is 443 g/mol. The van der Waals surface area contributed by atoms with Gasteiger partial charge in [0, 0.05) is 38.2 Å². The number of rotatable bonds is 4. The molecule has 4 aromatic rings. The number of hydrogen-bond acceptors (Lipinski definition) is 5. The van der Waals surface area contributed by atoms with Crippen LogP contribution in [0.2, 0.25) is 0 Å². The molecule has 25 heavy (non-hydrogen) atoms. The summed E-state index contributed by atoms with van der Waals surface area (Å²) in [6.45, 7) is 0. The Hall–Kier alpha value is -2.61. The Kier molecular flexibility index (Phi) is 4.27. The summed E-state index contributed by atoms with van der Waals surface area (Å²) in [4.78, 5) is 4.43. The van der Waals surface area contributed by atoms with Crippen LogP contribution in [0.3, 0.4) is 0 Å². The highest BCUT2D eigenvalue weighted by Crippen LogP contribution is 2.32. The van der Waals surface area contributed by atoms with Gasteiger partial charge in [0.2, 0.25) is 0 Å². The number of halogens is 1. The molecule has 2 heterocycles. The van der Waals surface area contributed by atoms with Gasteiger partial charge in [-0.2, -0.15) is 0 Å². The van der Waals surface area contributed by atoms with Gasteiger partial charge in [0.15, 0.2) is 0 Å². The molecule has 0 unspecified atom stereocenters. The molecule has 0 radical (unpaired) electrons. The van der Waals surface area contributed by atoms with E-state index in [1.807, 2.05) is 30.3 Å². The number of pyridine rings is 1. The Morgan fingerprint density at radius 3 is 2.80 bits per heavy atom.